The van der Waals surface area contributed by atoms with Crippen LogP contribution in [0.15, 0.2) is 36.7 Å². The van der Waals surface area contributed by atoms with E-state index in [1.165, 1.54) is 5.56 Å². The zero-order chi connectivity index (χ0) is 21.8. The maximum atomic E-state index is 12.4. The standard InChI is InChI=1S/C21H23IN6O3/c1-23-19(31)21-9-12(21)14(15(29)16(21)30)28-10-25-13-17(26-20(22)27-18(13)28)24-8-7-11-5-3-2-4-6-11/h2-6,10,12,14-16,29-30H,7-9H2,1H3,(H,23,31)(H,24,26,27)/t12?,14-,15+,16+,21?/m1/s1. The van der Waals surface area contributed by atoms with Crippen LogP contribution in [-0.4, -0.2) is 61.4 Å². The lowest BCUT2D eigenvalue weighted by Gasteiger charge is -2.23. The number of carbonyl (C=O) groups excluding carboxylic acids is 1. The van der Waals surface area contributed by atoms with Gasteiger partial charge in [0.25, 0.3) is 0 Å². The number of halogens is 1. The Morgan fingerprint density at radius 1 is 1.29 bits per heavy atom. The average Bonchev–Trinajstić information content (AvgIpc) is 3.31. The van der Waals surface area contributed by atoms with Crippen LogP contribution in [-0.2, 0) is 11.2 Å². The van der Waals surface area contributed by atoms with E-state index >= 15 is 0 Å². The summed E-state index contributed by atoms with van der Waals surface area (Å²) in [5.41, 5.74) is 1.47. The molecule has 2 aliphatic rings. The molecule has 5 atom stereocenters. The first-order valence-electron chi connectivity index (χ1n) is 10.2. The molecule has 31 heavy (non-hydrogen) atoms. The van der Waals surface area contributed by atoms with Crippen LogP contribution in [0.3, 0.4) is 0 Å². The normalized spacial score (nSPS) is 29.0. The number of benzene rings is 1. The summed E-state index contributed by atoms with van der Waals surface area (Å²) < 4.78 is 2.34. The number of amides is 1. The third-order valence-electron chi connectivity index (χ3n) is 6.59. The lowest BCUT2D eigenvalue weighted by atomic mass is 9.98. The number of anilines is 1. The van der Waals surface area contributed by atoms with Crippen LogP contribution < -0.4 is 10.6 Å². The van der Waals surface area contributed by atoms with Gasteiger partial charge in [-0.25, -0.2) is 15.0 Å². The molecule has 2 aromatic heterocycles. The van der Waals surface area contributed by atoms with E-state index in [2.05, 4.69) is 60.3 Å². The van der Waals surface area contributed by atoms with E-state index in [4.69, 9.17) is 0 Å². The lowest BCUT2D eigenvalue weighted by molar-refractivity contribution is -0.132. The molecule has 10 heteroatoms. The maximum absolute atomic E-state index is 12.4. The van der Waals surface area contributed by atoms with Crippen LogP contribution in [0.4, 0.5) is 5.82 Å². The predicted octanol–water partition coefficient (Wildman–Crippen LogP) is 1.11. The van der Waals surface area contributed by atoms with Gasteiger partial charge in [-0.15, -0.1) is 0 Å². The van der Waals surface area contributed by atoms with Crippen molar-refractivity contribution in [2.75, 3.05) is 18.9 Å². The minimum atomic E-state index is -1.12. The van der Waals surface area contributed by atoms with E-state index in [0.717, 1.165) is 6.42 Å². The van der Waals surface area contributed by atoms with Gasteiger partial charge in [0.2, 0.25) is 5.91 Å². The van der Waals surface area contributed by atoms with Crippen molar-refractivity contribution in [2.24, 2.45) is 11.3 Å². The Labute approximate surface area is 192 Å². The van der Waals surface area contributed by atoms with Crippen molar-refractivity contribution in [2.45, 2.75) is 31.1 Å². The topological polar surface area (TPSA) is 125 Å². The first-order chi connectivity index (χ1) is 15.0. The molecule has 2 unspecified atom stereocenters. The van der Waals surface area contributed by atoms with Gasteiger partial charge in [-0.05, 0) is 18.4 Å². The van der Waals surface area contributed by atoms with Gasteiger partial charge >= 0.3 is 0 Å². The Morgan fingerprint density at radius 3 is 2.81 bits per heavy atom. The van der Waals surface area contributed by atoms with Crippen molar-refractivity contribution in [3.05, 3.63) is 46.1 Å². The molecule has 3 aromatic rings. The molecule has 0 saturated heterocycles. The van der Waals surface area contributed by atoms with Crippen molar-refractivity contribution in [3.63, 3.8) is 0 Å². The molecule has 0 aliphatic heterocycles. The molecule has 2 heterocycles. The van der Waals surface area contributed by atoms with Gasteiger partial charge < -0.3 is 25.4 Å². The number of aliphatic hydroxyl groups is 2. The zero-order valence-electron chi connectivity index (χ0n) is 16.9. The van der Waals surface area contributed by atoms with Gasteiger partial charge in [-0.3, -0.25) is 4.79 Å². The SMILES string of the molecule is CNC(=O)C12CC1[C@@H](n1cnc3c(NCCc4ccccc4)nc(I)nc31)[C@H](O)[C@@H]2O. The smallest absolute Gasteiger partial charge is 0.229 e. The van der Waals surface area contributed by atoms with Gasteiger partial charge in [-0.2, -0.15) is 0 Å². The van der Waals surface area contributed by atoms with E-state index in [1.54, 1.807) is 17.9 Å². The van der Waals surface area contributed by atoms with Crippen LogP contribution in [0.1, 0.15) is 18.0 Å². The van der Waals surface area contributed by atoms with Gasteiger partial charge in [0.1, 0.15) is 6.10 Å². The number of carbonyl (C=O) groups is 1. The highest BCUT2D eigenvalue weighted by molar-refractivity contribution is 14.1. The highest BCUT2D eigenvalue weighted by Crippen LogP contribution is 2.67. The van der Waals surface area contributed by atoms with Crippen LogP contribution in [0, 0.1) is 15.2 Å². The van der Waals surface area contributed by atoms with Crippen molar-refractivity contribution in [3.8, 4) is 0 Å². The monoisotopic (exact) mass is 534 g/mol. The number of nitrogens with zero attached hydrogens (tertiary/aromatic N) is 4. The van der Waals surface area contributed by atoms with E-state index in [1.807, 2.05) is 18.2 Å². The number of imidazole rings is 1. The summed E-state index contributed by atoms with van der Waals surface area (Å²) in [6.07, 6.45) is 0.796. The summed E-state index contributed by atoms with van der Waals surface area (Å²) in [6, 6.07) is 9.71. The third-order valence-corrected chi connectivity index (χ3v) is 7.07. The second-order valence-corrected chi connectivity index (χ2v) is 9.15. The van der Waals surface area contributed by atoms with Crippen LogP contribution in [0.2, 0.25) is 0 Å². The number of nitrogens with one attached hydrogen (secondary N) is 2. The molecule has 1 aromatic carbocycles. The maximum Gasteiger partial charge on any atom is 0.229 e. The first-order valence-corrected chi connectivity index (χ1v) is 11.3. The molecule has 2 aliphatic carbocycles. The number of hydrogen-bond donors (Lipinski definition) is 4. The highest BCUT2D eigenvalue weighted by atomic mass is 127. The molecule has 2 saturated carbocycles. The molecule has 9 nitrogen and oxygen atoms in total. The van der Waals surface area contributed by atoms with Crippen molar-refractivity contribution in [1.82, 2.24) is 24.8 Å². The number of aromatic nitrogens is 4. The molecular formula is C21H23IN6O3. The van der Waals surface area contributed by atoms with Crippen molar-refractivity contribution in [1.29, 1.82) is 0 Å². The summed E-state index contributed by atoms with van der Waals surface area (Å²) in [5.74, 6) is 0.228. The first kappa shape index (κ1) is 20.6. The average molecular weight is 534 g/mol. The van der Waals surface area contributed by atoms with Gasteiger partial charge in [0, 0.05) is 42.1 Å². The van der Waals surface area contributed by atoms with Crippen LogP contribution in [0.25, 0.3) is 11.2 Å². The van der Waals surface area contributed by atoms with Crippen LogP contribution in [0.5, 0.6) is 0 Å². The van der Waals surface area contributed by atoms with E-state index in [-0.39, 0.29) is 11.8 Å². The summed E-state index contributed by atoms with van der Waals surface area (Å²) >= 11 is 2.06. The fourth-order valence-electron chi connectivity index (χ4n) is 4.99. The Kier molecular flexibility index (Phi) is 5.10. The largest absolute Gasteiger partial charge is 0.389 e. The number of hydrogen-bond acceptors (Lipinski definition) is 7. The molecule has 0 bridgehead atoms. The Bertz CT molecular complexity index is 1140. The van der Waals surface area contributed by atoms with Gasteiger partial charge in [-0.1, -0.05) is 30.3 Å². The second-order valence-electron chi connectivity index (χ2n) is 8.18. The zero-order valence-corrected chi connectivity index (χ0v) is 19.0. The van der Waals surface area contributed by atoms with E-state index < -0.39 is 23.7 Å². The molecular weight excluding hydrogens is 511 g/mol. The minimum absolute atomic E-state index is 0.169. The molecule has 1 amide bonds. The molecule has 0 radical (unpaired) electrons. The fourth-order valence-corrected chi connectivity index (χ4v) is 5.46. The summed E-state index contributed by atoms with van der Waals surface area (Å²) in [6.45, 7) is 0.687. The fraction of sp³-hybridized carbons (Fsp3) is 0.429. The molecule has 0 spiro atoms. The van der Waals surface area contributed by atoms with E-state index in [0.29, 0.717) is 33.8 Å². The Morgan fingerprint density at radius 2 is 2.06 bits per heavy atom. The van der Waals surface area contributed by atoms with Crippen molar-refractivity contribution < 1.29 is 15.0 Å². The second kappa shape index (κ2) is 7.68. The van der Waals surface area contributed by atoms with Crippen molar-refractivity contribution >= 4 is 45.5 Å². The third kappa shape index (κ3) is 3.19. The van der Waals surface area contributed by atoms with Crippen LogP contribution >= 0.6 is 22.6 Å². The Balaban J connectivity index is 1.43. The Hall–Kier alpha value is -2.31. The molecule has 5 rings (SSSR count). The number of rotatable bonds is 6. The van der Waals surface area contributed by atoms with E-state index in [9.17, 15) is 15.0 Å². The quantitative estimate of drug-likeness (QED) is 0.276. The molecule has 4 N–H and O–H groups in total. The summed E-state index contributed by atoms with van der Waals surface area (Å²) in [4.78, 5) is 26.0. The molecule has 2 fully saturated rings. The minimum Gasteiger partial charge on any atom is -0.389 e. The number of fused-ring (bicyclic) bond motifs is 2. The molecule has 162 valence electrons. The predicted molar refractivity (Wildman–Crippen MR) is 122 cm³/mol. The lowest BCUT2D eigenvalue weighted by Crippen LogP contribution is -2.41. The summed E-state index contributed by atoms with van der Waals surface area (Å²) in [7, 11) is 1.55. The summed E-state index contributed by atoms with van der Waals surface area (Å²) in [5, 5.41) is 27.4. The highest BCUT2D eigenvalue weighted by Gasteiger charge is 2.75. The van der Waals surface area contributed by atoms with Gasteiger partial charge in [0.15, 0.2) is 20.8 Å². The number of aliphatic hydroxyl groups excluding tert-OH is 2. The van der Waals surface area contributed by atoms with Gasteiger partial charge in [0.05, 0.1) is 23.9 Å².